The minimum absolute atomic E-state index is 0.0971. The van der Waals surface area contributed by atoms with Crippen LogP contribution in [0.4, 0.5) is 0 Å². The summed E-state index contributed by atoms with van der Waals surface area (Å²) in [6.45, 7) is 0.400. The molecule has 1 aliphatic heterocycles. The minimum atomic E-state index is -3.65. The standard InChI is InChI=1S/C15H14ClNO4S/c1-17(22(18,19)15-5-3-2-4-12(15)16)9-11-6-7-13-14(8-11)21-10-20-13/h2-8H,9-10H2,1H3. The van der Waals surface area contributed by atoms with Crippen molar-refractivity contribution in [3.8, 4) is 11.5 Å². The average Bonchev–Trinajstić information content (AvgIpc) is 2.95. The van der Waals surface area contributed by atoms with Crippen molar-refractivity contribution >= 4 is 21.6 Å². The fourth-order valence-corrected chi connectivity index (χ4v) is 3.85. The van der Waals surface area contributed by atoms with Gasteiger partial charge in [0, 0.05) is 13.6 Å². The summed E-state index contributed by atoms with van der Waals surface area (Å²) in [6, 6.07) is 11.8. The van der Waals surface area contributed by atoms with E-state index in [1.807, 2.05) is 6.07 Å². The zero-order valence-corrected chi connectivity index (χ0v) is 13.4. The number of hydrogen-bond acceptors (Lipinski definition) is 4. The van der Waals surface area contributed by atoms with Crippen LogP contribution in [0.1, 0.15) is 5.56 Å². The Morgan fingerprint density at radius 2 is 1.86 bits per heavy atom. The molecule has 7 heteroatoms. The largest absolute Gasteiger partial charge is 0.454 e. The molecule has 0 aliphatic carbocycles. The molecule has 1 heterocycles. The number of rotatable bonds is 4. The molecule has 5 nitrogen and oxygen atoms in total. The van der Waals surface area contributed by atoms with E-state index in [0.29, 0.717) is 11.5 Å². The maximum atomic E-state index is 12.6. The van der Waals surface area contributed by atoms with Gasteiger partial charge < -0.3 is 9.47 Å². The predicted octanol–water partition coefficient (Wildman–Crippen LogP) is 2.89. The molecule has 0 atom stereocenters. The molecule has 0 N–H and O–H groups in total. The molecular weight excluding hydrogens is 326 g/mol. The van der Waals surface area contributed by atoms with Crippen LogP contribution in [0.2, 0.25) is 5.02 Å². The van der Waals surface area contributed by atoms with Crippen molar-refractivity contribution in [1.82, 2.24) is 4.31 Å². The van der Waals surface area contributed by atoms with Gasteiger partial charge in [0.05, 0.1) is 5.02 Å². The Hall–Kier alpha value is -1.76. The zero-order chi connectivity index (χ0) is 15.7. The van der Waals surface area contributed by atoms with Gasteiger partial charge in [-0.3, -0.25) is 0 Å². The fraction of sp³-hybridized carbons (Fsp3) is 0.200. The quantitative estimate of drug-likeness (QED) is 0.859. The summed E-state index contributed by atoms with van der Waals surface area (Å²) in [6.07, 6.45) is 0. The molecule has 116 valence electrons. The highest BCUT2D eigenvalue weighted by Crippen LogP contribution is 2.33. The van der Waals surface area contributed by atoms with Gasteiger partial charge in [-0.2, -0.15) is 4.31 Å². The Morgan fingerprint density at radius 3 is 2.64 bits per heavy atom. The van der Waals surface area contributed by atoms with Crippen LogP contribution >= 0.6 is 11.6 Å². The van der Waals surface area contributed by atoms with Crippen LogP contribution < -0.4 is 9.47 Å². The summed E-state index contributed by atoms with van der Waals surface area (Å²) in [4.78, 5) is 0.0971. The van der Waals surface area contributed by atoms with E-state index in [1.54, 1.807) is 30.3 Å². The molecule has 0 spiro atoms. The second-order valence-electron chi connectivity index (χ2n) is 4.88. The summed E-state index contributed by atoms with van der Waals surface area (Å²) in [5, 5.41) is 0.208. The molecule has 0 amide bonds. The highest BCUT2D eigenvalue weighted by molar-refractivity contribution is 7.89. The molecule has 2 aromatic rings. The first-order chi connectivity index (χ1) is 10.5. The smallest absolute Gasteiger partial charge is 0.244 e. The van der Waals surface area contributed by atoms with Gasteiger partial charge in [-0.05, 0) is 29.8 Å². The van der Waals surface area contributed by atoms with Crippen molar-refractivity contribution in [3.05, 3.63) is 53.1 Å². The summed E-state index contributed by atoms with van der Waals surface area (Å²) in [5.41, 5.74) is 0.808. The summed E-state index contributed by atoms with van der Waals surface area (Å²) >= 11 is 5.99. The molecule has 0 radical (unpaired) electrons. The topological polar surface area (TPSA) is 55.8 Å². The molecule has 0 fully saturated rings. The van der Waals surface area contributed by atoms with E-state index in [1.165, 1.54) is 17.4 Å². The Morgan fingerprint density at radius 1 is 1.14 bits per heavy atom. The van der Waals surface area contributed by atoms with Gasteiger partial charge in [-0.25, -0.2) is 8.42 Å². The van der Waals surface area contributed by atoms with Crippen LogP contribution in [-0.2, 0) is 16.6 Å². The lowest BCUT2D eigenvalue weighted by molar-refractivity contribution is 0.174. The van der Waals surface area contributed by atoms with Crippen molar-refractivity contribution in [2.24, 2.45) is 0 Å². The summed E-state index contributed by atoms with van der Waals surface area (Å²) in [5.74, 6) is 1.29. The molecular formula is C15H14ClNO4S. The van der Waals surface area contributed by atoms with Gasteiger partial charge >= 0.3 is 0 Å². The lowest BCUT2D eigenvalue weighted by Crippen LogP contribution is -2.26. The first kappa shape index (κ1) is 15.1. The van der Waals surface area contributed by atoms with Crippen molar-refractivity contribution in [3.63, 3.8) is 0 Å². The molecule has 1 aliphatic rings. The highest BCUT2D eigenvalue weighted by Gasteiger charge is 2.24. The third kappa shape index (κ3) is 2.77. The number of benzene rings is 2. The van der Waals surface area contributed by atoms with E-state index in [2.05, 4.69) is 0 Å². The lowest BCUT2D eigenvalue weighted by atomic mass is 10.2. The van der Waals surface area contributed by atoms with Gasteiger partial charge in [-0.15, -0.1) is 0 Å². The number of hydrogen-bond donors (Lipinski definition) is 0. The van der Waals surface area contributed by atoms with Crippen molar-refractivity contribution in [2.75, 3.05) is 13.8 Å². The normalized spacial score (nSPS) is 13.6. The molecule has 0 aromatic heterocycles. The van der Waals surface area contributed by atoms with E-state index in [4.69, 9.17) is 21.1 Å². The van der Waals surface area contributed by atoms with E-state index in [9.17, 15) is 8.42 Å². The van der Waals surface area contributed by atoms with Crippen LogP contribution in [-0.4, -0.2) is 26.6 Å². The first-order valence-corrected chi connectivity index (χ1v) is 8.40. The lowest BCUT2D eigenvalue weighted by Gasteiger charge is -2.18. The SMILES string of the molecule is CN(Cc1ccc2c(c1)OCO2)S(=O)(=O)c1ccccc1Cl. The highest BCUT2D eigenvalue weighted by atomic mass is 35.5. The van der Waals surface area contributed by atoms with Gasteiger partial charge in [0.15, 0.2) is 11.5 Å². The minimum Gasteiger partial charge on any atom is -0.454 e. The third-order valence-corrected chi connectivity index (χ3v) is 5.67. The van der Waals surface area contributed by atoms with Gasteiger partial charge in [0.25, 0.3) is 0 Å². The number of sulfonamides is 1. The van der Waals surface area contributed by atoms with Gasteiger partial charge in [-0.1, -0.05) is 29.8 Å². The first-order valence-electron chi connectivity index (χ1n) is 6.58. The second kappa shape index (κ2) is 5.79. The van der Waals surface area contributed by atoms with E-state index in [-0.39, 0.29) is 23.3 Å². The fourth-order valence-electron chi connectivity index (χ4n) is 2.20. The number of nitrogens with zero attached hydrogens (tertiary/aromatic N) is 1. The van der Waals surface area contributed by atoms with Crippen LogP contribution in [0.25, 0.3) is 0 Å². The molecule has 0 saturated heterocycles. The Labute approximate surface area is 134 Å². The number of ether oxygens (including phenoxy) is 2. The van der Waals surface area contributed by atoms with E-state index >= 15 is 0 Å². The summed E-state index contributed by atoms with van der Waals surface area (Å²) < 4.78 is 36.9. The number of halogens is 1. The van der Waals surface area contributed by atoms with Gasteiger partial charge in [0.1, 0.15) is 4.90 Å². The maximum Gasteiger partial charge on any atom is 0.244 e. The maximum absolute atomic E-state index is 12.6. The molecule has 2 aromatic carbocycles. The Bertz CT molecular complexity index is 807. The van der Waals surface area contributed by atoms with Crippen LogP contribution in [0.5, 0.6) is 11.5 Å². The van der Waals surface area contributed by atoms with Crippen LogP contribution in [0.3, 0.4) is 0 Å². The molecule has 22 heavy (non-hydrogen) atoms. The van der Waals surface area contributed by atoms with Crippen molar-refractivity contribution in [1.29, 1.82) is 0 Å². The molecule has 0 saturated carbocycles. The molecule has 3 rings (SSSR count). The van der Waals surface area contributed by atoms with Crippen LogP contribution in [0.15, 0.2) is 47.4 Å². The van der Waals surface area contributed by atoms with Gasteiger partial charge in [0.2, 0.25) is 16.8 Å². The Balaban J connectivity index is 1.85. The Kier molecular flexibility index (Phi) is 3.99. The zero-order valence-electron chi connectivity index (χ0n) is 11.8. The third-order valence-electron chi connectivity index (χ3n) is 3.37. The second-order valence-corrected chi connectivity index (χ2v) is 7.30. The molecule has 0 unspecified atom stereocenters. The monoisotopic (exact) mass is 339 g/mol. The van der Waals surface area contributed by atoms with Crippen molar-refractivity contribution < 1.29 is 17.9 Å². The van der Waals surface area contributed by atoms with Crippen LogP contribution in [0, 0.1) is 0 Å². The summed E-state index contributed by atoms with van der Waals surface area (Å²) in [7, 11) is -2.14. The predicted molar refractivity (Wildman–Crippen MR) is 82.7 cm³/mol. The number of fused-ring (bicyclic) bond motifs is 1. The van der Waals surface area contributed by atoms with Crippen molar-refractivity contribution in [2.45, 2.75) is 11.4 Å². The average molecular weight is 340 g/mol. The molecule has 0 bridgehead atoms. The van der Waals surface area contributed by atoms with E-state index < -0.39 is 10.0 Å². The van der Waals surface area contributed by atoms with E-state index in [0.717, 1.165) is 5.56 Å².